The lowest BCUT2D eigenvalue weighted by molar-refractivity contribution is -0.125. The van der Waals surface area contributed by atoms with Crippen LogP contribution in [0.3, 0.4) is 0 Å². The van der Waals surface area contributed by atoms with Crippen LogP contribution in [0.25, 0.3) is 5.52 Å². The van der Waals surface area contributed by atoms with E-state index in [1.165, 1.54) is 29.0 Å². The minimum absolute atomic E-state index is 0.0212. The van der Waals surface area contributed by atoms with Crippen LogP contribution in [0.2, 0.25) is 0 Å². The predicted molar refractivity (Wildman–Crippen MR) is 116 cm³/mol. The Morgan fingerprint density at radius 1 is 1.28 bits per heavy atom. The second-order valence-electron chi connectivity index (χ2n) is 8.08. The zero-order valence-electron chi connectivity index (χ0n) is 16.6. The number of carbonyl (C=O) groups excluding carboxylic acids is 1. The van der Waals surface area contributed by atoms with Crippen LogP contribution in [0.1, 0.15) is 41.8 Å². The number of thiophene rings is 1. The van der Waals surface area contributed by atoms with Crippen molar-refractivity contribution in [2.45, 2.75) is 44.9 Å². The van der Waals surface area contributed by atoms with E-state index in [-0.39, 0.29) is 11.8 Å². The van der Waals surface area contributed by atoms with E-state index >= 15 is 0 Å². The van der Waals surface area contributed by atoms with Crippen molar-refractivity contribution in [1.82, 2.24) is 19.9 Å². The van der Waals surface area contributed by atoms with Crippen molar-refractivity contribution in [3.63, 3.8) is 0 Å². The molecule has 0 radical (unpaired) electrons. The van der Waals surface area contributed by atoms with Gasteiger partial charge in [-0.2, -0.15) is 5.10 Å². The molecule has 6 nitrogen and oxygen atoms in total. The Kier molecular flexibility index (Phi) is 5.23. The van der Waals surface area contributed by atoms with E-state index in [4.69, 9.17) is 10.1 Å². The van der Waals surface area contributed by atoms with Gasteiger partial charge < -0.3 is 10.2 Å². The van der Waals surface area contributed by atoms with Crippen molar-refractivity contribution in [3.05, 3.63) is 46.0 Å². The van der Waals surface area contributed by atoms with Crippen LogP contribution in [0.15, 0.2) is 29.9 Å². The number of anilines is 1. The highest BCUT2D eigenvalue weighted by molar-refractivity contribution is 7.09. The number of carbonyl (C=O) groups is 1. The van der Waals surface area contributed by atoms with E-state index in [0.29, 0.717) is 6.54 Å². The van der Waals surface area contributed by atoms with Crippen LogP contribution in [0.4, 0.5) is 5.82 Å². The zero-order chi connectivity index (χ0) is 19.6. The molecule has 0 saturated carbocycles. The summed E-state index contributed by atoms with van der Waals surface area (Å²) in [6.45, 7) is 2.39. The van der Waals surface area contributed by atoms with Gasteiger partial charge in [0, 0.05) is 42.5 Å². The summed E-state index contributed by atoms with van der Waals surface area (Å²) >= 11 is 1.74. The minimum atomic E-state index is 0.0212. The first-order valence-corrected chi connectivity index (χ1v) is 11.6. The highest BCUT2D eigenvalue weighted by atomic mass is 32.1. The fourth-order valence-electron chi connectivity index (χ4n) is 4.67. The molecular formula is C22H27N5OS. The monoisotopic (exact) mass is 409 g/mol. The lowest BCUT2D eigenvalue weighted by atomic mass is 9.95. The number of piperidine rings is 1. The Bertz CT molecular complexity index is 996. The smallest absolute Gasteiger partial charge is 0.224 e. The van der Waals surface area contributed by atoms with Crippen LogP contribution >= 0.6 is 11.3 Å². The summed E-state index contributed by atoms with van der Waals surface area (Å²) in [4.78, 5) is 21.1. The molecule has 1 unspecified atom stereocenters. The normalized spacial score (nSPS) is 19.3. The maximum Gasteiger partial charge on any atom is 0.224 e. The standard InChI is InChI=1S/C22H27N5OS/c28-22(24-10-9-17-6-4-14-29-17)16-5-3-12-26(15-16)21-20-18-7-1-2-8-19(18)25-27(20)13-11-23-21/h4,6,11,13-14,16H,1-3,5,7-10,12,15H2,(H,24,28). The number of nitrogens with one attached hydrogen (secondary N) is 1. The molecule has 1 fully saturated rings. The van der Waals surface area contributed by atoms with E-state index in [1.807, 2.05) is 16.9 Å². The maximum atomic E-state index is 12.8. The van der Waals surface area contributed by atoms with Gasteiger partial charge in [0.05, 0.1) is 11.6 Å². The Morgan fingerprint density at radius 3 is 3.10 bits per heavy atom. The summed E-state index contributed by atoms with van der Waals surface area (Å²) in [7, 11) is 0. The Hall–Kier alpha value is -2.41. The summed E-state index contributed by atoms with van der Waals surface area (Å²) in [5.74, 6) is 1.20. The molecule has 5 rings (SSSR count). The molecule has 0 bridgehead atoms. The van der Waals surface area contributed by atoms with Crippen molar-refractivity contribution in [2.24, 2.45) is 5.92 Å². The van der Waals surface area contributed by atoms with Gasteiger partial charge in [-0.05, 0) is 56.4 Å². The van der Waals surface area contributed by atoms with Crippen LogP contribution in [0.5, 0.6) is 0 Å². The second-order valence-corrected chi connectivity index (χ2v) is 9.11. The van der Waals surface area contributed by atoms with Gasteiger partial charge in [0.1, 0.15) is 5.52 Å². The first-order chi connectivity index (χ1) is 14.3. The van der Waals surface area contributed by atoms with Crippen molar-refractivity contribution >= 4 is 28.6 Å². The van der Waals surface area contributed by atoms with Crippen molar-refractivity contribution in [3.8, 4) is 0 Å². The average Bonchev–Trinajstić information content (AvgIpc) is 3.41. The van der Waals surface area contributed by atoms with Gasteiger partial charge in [-0.25, -0.2) is 9.50 Å². The van der Waals surface area contributed by atoms with E-state index in [1.54, 1.807) is 11.3 Å². The maximum absolute atomic E-state index is 12.8. The molecule has 0 aromatic carbocycles. The third kappa shape index (κ3) is 3.75. The Balaban J connectivity index is 1.30. The predicted octanol–water partition coefficient (Wildman–Crippen LogP) is 3.24. The summed E-state index contributed by atoms with van der Waals surface area (Å²) < 4.78 is 2.00. The van der Waals surface area contributed by atoms with Gasteiger partial charge in [0.25, 0.3) is 0 Å². The van der Waals surface area contributed by atoms with Crippen molar-refractivity contribution in [2.75, 3.05) is 24.5 Å². The van der Waals surface area contributed by atoms with Crippen molar-refractivity contribution in [1.29, 1.82) is 0 Å². The van der Waals surface area contributed by atoms with Gasteiger partial charge >= 0.3 is 0 Å². The second kappa shape index (κ2) is 8.14. The van der Waals surface area contributed by atoms with Crippen LogP contribution in [-0.4, -0.2) is 40.1 Å². The van der Waals surface area contributed by atoms with Crippen LogP contribution in [0, 0.1) is 5.92 Å². The lowest BCUT2D eigenvalue weighted by Gasteiger charge is -2.33. The summed E-state index contributed by atoms with van der Waals surface area (Å²) in [6.07, 6.45) is 11.2. The summed E-state index contributed by atoms with van der Waals surface area (Å²) in [6, 6.07) is 4.18. The number of aromatic nitrogens is 3. The molecule has 3 aromatic heterocycles. The van der Waals surface area contributed by atoms with Gasteiger partial charge in [-0.1, -0.05) is 6.07 Å². The first kappa shape index (κ1) is 18.6. The molecule has 1 aliphatic carbocycles. The SMILES string of the molecule is O=C(NCCc1cccs1)C1CCCN(c2nccn3nc4c(c23)CCCC4)C1. The largest absolute Gasteiger partial charge is 0.355 e. The third-order valence-electron chi connectivity index (χ3n) is 6.14. The number of hydrogen-bond acceptors (Lipinski definition) is 5. The molecule has 7 heteroatoms. The average molecular weight is 410 g/mol. The van der Waals surface area contributed by atoms with Crippen LogP contribution in [-0.2, 0) is 24.1 Å². The molecule has 1 atom stereocenters. The highest BCUT2D eigenvalue weighted by Crippen LogP contribution is 2.32. The van der Waals surface area contributed by atoms with Crippen molar-refractivity contribution < 1.29 is 4.79 Å². The number of nitrogens with zero attached hydrogens (tertiary/aromatic N) is 4. The topological polar surface area (TPSA) is 62.5 Å². The molecule has 4 heterocycles. The number of hydrogen-bond donors (Lipinski definition) is 1. The summed E-state index contributed by atoms with van der Waals surface area (Å²) in [5.41, 5.74) is 3.74. The molecule has 0 spiro atoms. The van der Waals surface area contributed by atoms with Gasteiger partial charge in [0.2, 0.25) is 5.91 Å². The fraction of sp³-hybridized carbons (Fsp3) is 0.500. The molecule has 29 heavy (non-hydrogen) atoms. The fourth-order valence-corrected chi connectivity index (χ4v) is 5.38. The third-order valence-corrected chi connectivity index (χ3v) is 7.08. The lowest BCUT2D eigenvalue weighted by Crippen LogP contribution is -2.44. The number of rotatable bonds is 5. The molecular weight excluding hydrogens is 382 g/mol. The molecule has 1 saturated heterocycles. The van der Waals surface area contributed by atoms with E-state index in [2.05, 4.69) is 27.7 Å². The summed E-state index contributed by atoms with van der Waals surface area (Å²) in [5, 5.41) is 10.0. The number of aryl methyl sites for hydroxylation is 2. The van der Waals surface area contributed by atoms with Gasteiger partial charge in [0.15, 0.2) is 5.82 Å². The first-order valence-electron chi connectivity index (χ1n) is 10.7. The van der Waals surface area contributed by atoms with Gasteiger partial charge in [-0.15, -0.1) is 11.3 Å². The van der Waals surface area contributed by atoms with E-state index in [0.717, 1.165) is 56.5 Å². The molecule has 2 aliphatic rings. The zero-order valence-corrected chi connectivity index (χ0v) is 17.5. The quantitative estimate of drug-likeness (QED) is 0.703. The number of fused-ring (bicyclic) bond motifs is 3. The van der Waals surface area contributed by atoms with E-state index in [9.17, 15) is 4.79 Å². The minimum Gasteiger partial charge on any atom is -0.355 e. The highest BCUT2D eigenvalue weighted by Gasteiger charge is 2.29. The molecule has 1 aliphatic heterocycles. The molecule has 1 N–H and O–H groups in total. The van der Waals surface area contributed by atoms with E-state index < -0.39 is 0 Å². The van der Waals surface area contributed by atoms with Crippen LogP contribution < -0.4 is 10.2 Å². The Morgan fingerprint density at radius 2 is 2.21 bits per heavy atom. The Labute approximate surface area is 174 Å². The molecule has 152 valence electrons. The molecule has 3 aromatic rings. The number of amides is 1. The van der Waals surface area contributed by atoms with Gasteiger partial charge in [-0.3, -0.25) is 4.79 Å². The molecule has 1 amide bonds.